The molecule has 3 rings (SSSR count). The fraction of sp³-hybridized carbons (Fsp3) is 0.158. The number of pyridine rings is 1. The minimum Gasteiger partial charge on any atom is -0.380 e. The molecule has 0 unspecified atom stereocenters. The summed E-state index contributed by atoms with van der Waals surface area (Å²) < 4.78 is 1.05. The molecule has 116 valence electrons. The minimum absolute atomic E-state index is 0.0235. The van der Waals surface area contributed by atoms with E-state index >= 15 is 0 Å². The normalized spacial score (nSPS) is 10.7. The fourth-order valence-electron chi connectivity index (χ4n) is 2.77. The molecule has 0 amide bonds. The largest absolute Gasteiger partial charge is 0.380 e. The van der Waals surface area contributed by atoms with Gasteiger partial charge in [-0.2, -0.15) is 0 Å². The van der Waals surface area contributed by atoms with E-state index in [1.54, 1.807) is 6.92 Å². The molecule has 1 N–H and O–H groups in total. The molecule has 0 saturated carbocycles. The number of hydrogen-bond donors (Lipinski definition) is 1. The number of Topliss-reactive ketones (excluding diaryl/α,β-unsaturated/α-hetero) is 1. The zero-order valence-electron chi connectivity index (χ0n) is 13.1. The fourth-order valence-corrected chi connectivity index (χ4v) is 3.20. The van der Waals surface area contributed by atoms with Gasteiger partial charge in [-0.15, -0.1) is 0 Å². The van der Waals surface area contributed by atoms with E-state index in [0.717, 1.165) is 32.3 Å². The van der Waals surface area contributed by atoms with Crippen molar-refractivity contribution in [3.63, 3.8) is 0 Å². The minimum atomic E-state index is 0.0235. The first kappa shape index (κ1) is 15.7. The van der Waals surface area contributed by atoms with Crippen LogP contribution in [0.1, 0.15) is 28.5 Å². The quantitative estimate of drug-likeness (QED) is 0.649. The number of carbonyl (C=O) groups is 1. The van der Waals surface area contributed by atoms with Crippen molar-refractivity contribution in [1.82, 2.24) is 4.98 Å². The van der Waals surface area contributed by atoms with Gasteiger partial charge in [-0.25, -0.2) is 0 Å². The van der Waals surface area contributed by atoms with Crippen LogP contribution in [0, 0.1) is 6.92 Å². The molecule has 0 aliphatic rings. The van der Waals surface area contributed by atoms with Crippen molar-refractivity contribution in [2.45, 2.75) is 20.4 Å². The number of halogens is 1. The van der Waals surface area contributed by atoms with Crippen LogP contribution in [0.25, 0.3) is 10.9 Å². The van der Waals surface area contributed by atoms with Crippen LogP contribution in [-0.2, 0) is 6.54 Å². The Labute approximate surface area is 143 Å². The first-order valence-corrected chi connectivity index (χ1v) is 8.25. The van der Waals surface area contributed by atoms with Gasteiger partial charge in [0.15, 0.2) is 5.78 Å². The molecule has 1 aromatic heterocycles. The summed E-state index contributed by atoms with van der Waals surface area (Å²) in [5.41, 5.74) is 4.31. The van der Waals surface area contributed by atoms with Gasteiger partial charge in [0.2, 0.25) is 0 Å². The zero-order valence-corrected chi connectivity index (χ0v) is 14.6. The van der Waals surface area contributed by atoms with Gasteiger partial charge in [-0.05, 0) is 31.5 Å². The molecule has 3 aromatic rings. The second-order valence-corrected chi connectivity index (χ2v) is 6.32. The van der Waals surface area contributed by atoms with Gasteiger partial charge >= 0.3 is 0 Å². The van der Waals surface area contributed by atoms with E-state index in [4.69, 9.17) is 0 Å². The van der Waals surface area contributed by atoms with E-state index in [-0.39, 0.29) is 5.78 Å². The van der Waals surface area contributed by atoms with Crippen LogP contribution in [0.3, 0.4) is 0 Å². The molecule has 0 radical (unpaired) electrons. The maximum Gasteiger partial charge on any atom is 0.163 e. The molecular formula is C19H17BrN2O. The van der Waals surface area contributed by atoms with Crippen molar-refractivity contribution >= 4 is 38.3 Å². The van der Waals surface area contributed by atoms with Crippen molar-refractivity contribution in [3.8, 4) is 0 Å². The van der Waals surface area contributed by atoms with Crippen molar-refractivity contribution in [2.75, 3.05) is 5.32 Å². The molecular weight excluding hydrogens is 352 g/mol. The topological polar surface area (TPSA) is 42.0 Å². The molecule has 4 heteroatoms. The molecule has 0 saturated heterocycles. The van der Waals surface area contributed by atoms with Gasteiger partial charge in [0.1, 0.15) is 0 Å². The lowest BCUT2D eigenvalue weighted by molar-refractivity contribution is 0.101. The van der Waals surface area contributed by atoms with Gasteiger partial charge in [0, 0.05) is 16.4 Å². The third kappa shape index (κ3) is 3.13. The van der Waals surface area contributed by atoms with Crippen LogP contribution in [0.4, 0.5) is 5.69 Å². The number of nitrogens with zero attached hydrogens (tertiary/aromatic N) is 1. The van der Waals surface area contributed by atoms with Crippen LogP contribution in [0.15, 0.2) is 53.0 Å². The Hall–Kier alpha value is -2.20. The second kappa shape index (κ2) is 6.50. The predicted molar refractivity (Wildman–Crippen MR) is 98.0 cm³/mol. The monoisotopic (exact) mass is 368 g/mol. The Kier molecular flexibility index (Phi) is 4.44. The van der Waals surface area contributed by atoms with Gasteiger partial charge < -0.3 is 5.32 Å². The molecule has 23 heavy (non-hydrogen) atoms. The van der Waals surface area contributed by atoms with E-state index < -0.39 is 0 Å². The number of anilines is 1. The number of rotatable bonds is 4. The number of ketones is 1. The Morgan fingerprint density at radius 1 is 1.13 bits per heavy atom. The summed E-state index contributed by atoms with van der Waals surface area (Å²) in [6.07, 6.45) is 0. The highest BCUT2D eigenvalue weighted by atomic mass is 79.9. The van der Waals surface area contributed by atoms with E-state index in [9.17, 15) is 4.79 Å². The molecule has 3 nitrogen and oxygen atoms in total. The molecule has 0 fully saturated rings. The average molecular weight is 369 g/mol. The molecule has 0 spiro atoms. The third-order valence-corrected chi connectivity index (χ3v) is 4.61. The Morgan fingerprint density at radius 2 is 1.83 bits per heavy atom. The van der Waals surface area contributed by atoms with Crippen molar-refractivity contribution < 1.29 is 4.79 Å². The molecule has 1 heterocycles. The Morgan fingerprint density at radius 3 is 2.57 bits per heavy atom. The average Bonchev–Trinajstić information content (AvgIpc) is 2.53. The van der Waals surface area contributed by atoms with Gasteiger partial charge in [0.05, 0.1) is 22.5 Å². The first-order chi connectivity index (χ1) is 11.1. The smallest absolute Gasteiger partial charge is 0.163 e. The summed E-state index contributed by atoms with van der Waals surface area (Å²) in [7, 11) is 0. The van der Waals surface area contributed by atoms with Crippen molar-refractivity contribution in [1.29, 1.82) is 0 Å². The number of benzene rings is 2. The SMILES string of the molecule is CC(=O)c1c(C)nc2ccccc2c1NCc1ccccc1Br. The summed E-state index contributed by atoms with van der Waals surface area (Å²) in [4.78, 5) is 16.7. The van der Waals surface area contributed by atoms with Crippen LogP contribution in [0.5, 0.6) is 0 Å². The lowest BCUT2D eigenvalue weighted by atomic mass is 10.0. The number of hydrogen-bond acceptors (Lipinski definition) is 3. The summed E-state index contributed by atoms with van der Waals surface area (Å²) in [6.45, 7) is 4.10. The molecule has 0 aliphatic carbocycles. The van der Waals surface area contributed by atoms with Crippen molar-refractivity contribution in [2.24, 2.45) is 0 Å². The first-order valence-electron chi connectivity index (χ1n) is 7.45. The summed E-state index contributed by atoms with van der Waals surface area (Å²) in [5.74, 6) is 0.0235. The van der Waals surface area contributed by atoms with Gasteiger partial charge in [-0.1, -0.05) is 52.3 Å². The second-order valence-electron chi connectivity index (χ2n) is 5.47. The molecule has 0 bridgehead atoms. The molecule has 2 aromatic carbocycles. The third-order valence-electron chi connectivity index (χ3n) is 3.84. The van der Waals surface area contributed by atoms with Crippen LogP contribution < -0.4 is 5.32 Å². The van der Waals surface area contributed by atoms with Crippen molar-refractivity contribution in [3.05, 3.63) is 69.8 Å². The summed E-state index contributed by atoms with van der Waals surface area (Å²) in [6, 6.07) is 15.9. The highest BCUT2D eigenvalue weighted by Gasteiger charge is 2.16. The van der Waals surface area contributed by atoms with E-state index in [1.165, 1.54) is 0 Å². The Bertz CT molecular complexity index is 890. The summed E-state index contributed by atoms with van der Waals surface area (Å²) in [5, 5.41) is 4.41. The maximum atomic E-state index is 12.1. The number of nitrogens with one attached hydrogen (secondary N) is 1. The summed E-state index contributed by atoms with van der Waals surface area (Å²) >= 11 is 3.56. The molecule has 0 atom stereocenters. The maximum absolute atomic E-state index is 12.1. The standard InChI is InChI=1S/C19H17BrN2O/c1-12-18(13(2)23)19(15-8-4-6-10-17(15)22-12)21-11-14-7-3-5-9-16(14)20/h3-10H,11H2,1-2H3,(H,21,22). The number of aromatic nitrogens is 1. The zero-order chi connectivity index (χ0) is 16.4. The number of aryl methyl sites for hydroxylation is 1. The lowest BCUT2D eigenvalue weighted by Gasteiger charge is -2.16. The Balaban J connectivity index is 2.09. The van der Waals surface area contributed by atoms with E-state index in [1.807, 2.05) is 49.4 Å². The lowest BCUT2D eigenvalue weighted by Crippen LogP contribution is -2.09. The molecule has 0 aliphatic heterocycles. The van der Waals surface area contributed by atoms with Gasteiger partial charge in [-0.3, -0.25) is 9.78 Å². The van der Waals surface area contributed by atoms with Crippen LogP contribution >= 0.6 is 15.9 Å². The number of fused-ring (bicyclic) bond motifs is 1. The highest BCUT2D eigenvalue weighted by molar-refractivity contribution is 9.10. The van der Waals surface area contributed by atoms with Crippen LogP contribution in [-0.4, -0.2) is 10.8 Å². The van der Waals surface area contributed by atoms with Gasteiger partial charge in [0.25, 0.3) is 0 Å². The van der Waals surface area contributed by atoms with E-state index in [0.29, 0.717) is 12.1 Å². The van der Waals surface area contributed by atoms with Crippen LogP contribution in [0.2, 0.25) is 0 Å². The highest BCUT2D eigenvalue weighted by Crippen LogP contribution is 2.30. The predicted octanol–water partition coefficient (Wildman–Crippen LogP) is 5.12. The number of para-hydroxylation sites is 1. The number of carbonyl (C=O) groups excluding carboxylic acids is 1. The van der Waals surface area contributed by atoms with E-state index in [2.05, 4.69) is 32.3 Å².